The fourth-order valence-electron chi connectivity index (χ4n) is 2.79. The van der Waals surface area contributed by atoms with Crippen LogP contribution in [0.3, 0.4) is 0 Å². The zero-order valence-electron chi connectivity index (χ0n) is 12.8. The number of hydrogen-bond acceptors (Lipinski definition) is 3. The number of hydrogen-bond donors (Lipinski definition) is 1. The summed E-state index contributed by atoms with van der Waals surface area (Å²) in [6, 6.07) is 10.8. The fourth-order valence-corrected chi connectivity index (χ4v) is 2.79. The van der Waals surface area contributed by atoms with Crippen LogP contribution >= 0.6 is 0 Å². The van der Waals surface area contributed by atoms with E-state index in [-0.39, 0.29) is 0 Å². The van der Waals surface area contributed by atoms with Crippen molar-refractivity contribution in [3.05, 3.63) is 35.9 Å². The van der Waals surface area contributed by atoms with Crippen molar-refractivity contribution in [2.75, 3.05) is 39.3 Å². The molecule has 0 aromatic heterocycles. The third-order valence-electron chi connectivity index (χ3n) is 4.29. The monoisotopic (exact) mass is 275 g/mol. The molecule has 0 saturated carbocycles. The topological polar surface area (TPSA) is 32.5 Å². The van der Waals surface area contributed by atoms with Crippen molar-refractivity contribution in [2.45, 2.75) is 26.3 Å². The van der Waals surface area contributed by atoms with E-state index >= 15 is 0 Å². The Labute approximate surface area is 123 Å². The van der Waals surface area contributed by atoms with Gasteiger partial charge in [-0.15, -0.1) is 0 Å². The summed E-state index contributed by atoms with van der Waals surface area (Å²) in [5.74, 6) is 0.675. The van der Waals surface area contributed by atoms with Gasteiger partial charge >= 0.3 is 0 Å². The Kier molecular flexibility index (Phi) is 6.51. The maximum atomic E-state index is 5.66. The molecular weight excluding hydrogens is 246 g/mol. The van der Waals surface area contributed by atoms with E-state index in [0.717, 1.165) is 13.1 Å². The van der Waals surface area contributed by atoms with Gasteiger partial charge in [-0.3, -0.25) is 4.90 Å². The molecule has 0 spiro atoms. The molecule has 1 saturated heterocycles. The summed E-state index contributed by atoms with van der Waals surface area (Å²) in [5.41, 5.74) is 7.09. The molecule has 1 fully saturated rings. The molecule has 3 heteroatoms. The molecule has 1 unspecified atom stereocenters. The lowest BCUT2D eigenvalue weighted by atomic mass is 10.1. The molecule has 0 amide bonds. The molecule has 1 aliphatic rings. The summed E-state index contributed by atoms with van der Waals surface area (Å²) < 4.78 is 0. The van der Waals surface area contributed by atoms with Gasteiger partial charge in [0.15, 0.2) is 0 Å². The lowest BCUT2D eigenvalue weighted by Gasteiger charge is -2.34. The predicted octanol–water partition coefficient (Wildman–Crippen LogP) is 2.18. The van der Waals surface area contributed by atoms with Crippen LogP contribution in [0.5, 0.6) is 0 Å². The SMILES string of the molecule is CC(CN)CCCN1CCN(Cc2ccccc2)CC1. The third kappa shape index (κ3) is 5.23. The smallest absolute Gasteiger partial charge is 0.0234 e. The molecule has 1 aromatic carbocycles. The van der Waals surface area contributed by atoms with Crippen molar-refractivity contribution in [2.24, 2.45) is 11.7 Å². The Bertz CT molecular complexity index is 358. The van der Waals surface area contributed by atoms with Gasteiger partial charge in [0.1, 0.15) is 0 Å². The molecule has 1 aliphatic heterocycles. The number of nitrogens with zero attached hydrogens (tertiary/aromatic N) is 2. The quantitative estimate of drug-likeness (QED) is 0.828. The summed E-state index contributed by atoms with van der Waals surface area (Å²) in [4.78, 5) is 5.17. The highest BCUT2D eigenvalue weighted by Crippen LogP contribution is 2.10. The average Bonchev–Trinajstić information content (AvgIpc) is 2.50. The molecule has 0 aliphatic carbocycles. The second-order valence-electron chi connectivity index (χ2n) is 6.09. The van der Waals surface area contributed by atoms with Crippen molar-refractivity contribution >= 4 is 0 Å². The van der Waals surface area contributed by atoms with Crippen LogP contribution in [-0.4, -0.2) is 49.1 Å². The number of nitrogens with two attached hydrogens (primary N) is 1. The first-order chi connectivity index (χ1) is 9.78. The van der Waals surface area contributed by atoms with E-state index in [0.29, 0.717) is 5.92 Å². The second-order valence-corrected chi connectivity index (χ2v) is 6.09. The summed E-state index contributed by atoms with van der Waals surface area (Å²) in [5, 5.41) is 0. The van der Waals surface area contributed by atoms with Crippen LogP contribution in [-0.2, 0) is 6.54 Å². The van der Waals surface area contributed by atoms with Gasteiger partial charge in [0.25, 0.3) is 0 Å². The Morgan fingerprint density at radius 1 is 1.05 bits per heavy atom. The van der Waals surface area contributed by atoms with Gasteiger partial charge in [0, 0.05) is 32.7 Å². The molecule has 1 atom stereocenters. The Balaban J connectivity index is 1.63. The lowest BCUT2D eigenvalue weighted by molar-refractivity contribution is 0.124. The van der Waals surface area contributed by atoms with Crippen molar-refractivity contribution in [3.8, 4) is 0 Å². The number of rotatable bonds is 7. The van der Waals surface area contributed by atoms with Crippen LogP contribution in [0.25, 0.3) is 0 Å². The minimum Gasteiger partial charge on any atom is -0.330 e. The van der Waals surface area contributed by atoms with Crippen molar-refractivity contribution in [1.29, 1.82) is 0 Å². The molecule has 0 radical (unpaired) electrons. The van der Waals surface area contributed by atoms with E-state index in [2.05, 4.69) is 47.1 Å². The van der Waals surface area contributed by atoms with Crippen LogP contribution in [0.4, 0.5) is 0 Å². The van der Waals surface area contributed by atoms with Crippen molar-refractivity contribution < 1.29 is 0 Å². The molecule has 1 heterocycles. The standard InChI is InChI=1S/C17H29N3/c1-16(14-18)6-5-9-19-10-12-20(13-11-19)15-17-7-3-2-4-8-17/h2-4,7-8,16H,5-6,9-15,18H2,1H3. The van der Waals surface area contributed by atoms with E-state index in [1.807, 2.05) is 0 Å². The Morgan fingerprint density at radius 2 is 1.70 bits per heavy atom. The summed E-state index contributed by atoms with van der Waals surface area (Å²) in [6.45, 7) is 10.2. The van der Waals surface area contributed by atoms with Crippen molar-refractivity contribution in [3.63, 3.8) is 0 Å². The third-order valence-corrected chi connectivity index (χ3v) is 4.29. The maximum Gasteiger partial charge on any atom is 0.0234 e. The summed E-state index contributed by atoms with van der Waals surface area (Å²) in [6.07, 6.45) is 2.55. The van der Waals surface area contributed by atoms with Gasteiger partial charge < -0.3 is 10.6 Å². The van der Waals surface area contributed by atoms with Gasteiger partial charge in [-0.25, -0.2) is 0 Å². The van der Waals surface area contributed by atoms with Gasteiger partial charge in [0.2, 0.25) is 0 Å². The van der Waals surface area contributed by atoms with Gasteiger partial charge in [0.05, 0.1) is 0 Å². The second kappa shape index (κ2) is 8.40. The molecule has 20 heavy (non-hydrogen) atoms. The van der Waals surface area contributed by atoms with Gasteiger partial charge in [-0.2, -0.15) is 0 Å². The van der Waals surface area contributed by atoms with E-state index in [1.54, 1.807) is 0 Å². The first-order valence-electron chi connectivity index (χ1n) is 7.96. The average molecular weight is 275 g/mol. The van der Waals surface area contributed by atoms with Crippen LogP contribution in [0.2, 0.25) is 0 Å². The summed E-state index contributed by atoms with van der Waals surface area (Å²) in [7, 11) is 0. The van der Waals surface area contributed by atoms with Crippen LogP contribution in [0.15, 0.2) is 30.3 Å². The molecule has 3 nitrogen and oxygen atoms in total. The first kappa shape index (κ1) is 15.5. The van der Waals surface area contributed by atoms with Crippen LogP contribution < -0.4 is 5.73 Å². The van der Waals surface area contributed by atoms with E-state index in [9.17, 15) is 0 Å². The predicted molar refractivity (Wildman–Crippen MR) is 85.6 cm³/mol. The molecule has 2 N–H and O–H groups in total. The molecule has 2 rings (SSSR count). The van der Waals surface area contributed by atoms with Crippen LogP contribution in [0.1, 0.15) is 25.3 Å². The highest BCUT2D eigenvalue weighted by molar-refractivity contribution is 5.14. The zero-order chi connectivity index (χ0) is 14.2. The van der Waals surface area contributed by atoms with Crippen molar-refractivity contribution in [1.82, 2.24) is 9.80 Å². The van der Waals surface area contributed by atoms with E-state index in [4.69, 9.17) is 5.73 Å². The fraction of sp³-hybridized carbons (Fsp3) is 0.647. The molecular formula is C17H29N3. The molecule has 1 aromatic rings. The molecule has 112 valence electrons. The Hall–Kier alpha value is -0.900. The van der Waals surface area contributed by atoms with Crippen LogP contribution in [0, 0.1) is 5.92 Å². The van der Waals surface area contributed by atoms with Gasteiger partial charge in [-0.1, -0.05) is 37.3 Å². The van der Waals surface area contributed by atoms with Gasteiger partial charge in [-0.05, 0) is 37.4 Å². The highest BCUT2D eigenvalue weighted by atomic mass is 15.3. The normalized spacial score (nSPS) is 19.1. The Morgan fingerprint density at radius 3 is 2.35 bits per heavy atom. The molecule has 0 bridgehead atoms. The minimum atomic E-state index is 0.675. The zero-order valence-corrected chi connectivity index (χ0v) is 12.8. The van der Waals surface area contributed by atoms with E-state index in [1.165, 1.54) is 51.1 Å². The summed E-state index contributed by atoms with van der Waals surface area (Å²) >= 11 is 0. The number of benzene rings is 1. The first-order valence-corrected chi connectivity index (χ1v) is 7.96. The van der Waals surface area contributed by atoms with E-state index < -0.39 is 0 Å². The largest absolute Gasteiger partial charge is 0.330 e. The maximum absolute atomic E-state index is 5.66. The highest BCUT2D eigenvalue weighted by Gasteiger charge is 2.16. The minimum absolute atomic E-state index is 0.675. The lowest BCUT2D eigenvalue weighted by Crippen LogP contribution is -2.46. The number of piperazine rings is 1.